The SMILES string of the molecule is COCC1(C(=O)NC2CCCC(C(C)C)C2)CCNCC1. The Morgan fingerprint density at radius 3 is 2.67 bits per heavy atom. The lowest BCUT2D eigenvalue weighted by Gasteiger charge is -2.38. The number of hydrogen-bond donors (Lipinski definition) is 2. The predicted octanol–water partition coefficient (Wildman–Crippen LogP) is 2.33. The van der Waals surface area contributed by atoms with Crippen LogP contribution in [0.2, 0.25) is 0 Å². The standard InChI is InChI=1S/C17H32N2O2/c1-13(2)14-5-4-6-15(11-14)19-16(20)17(12-21-3)7-9-18-10-8-17/h13-15,18H,4-12H2,1-3H3,(H,19,20). The first kappa shape index (κ1) is 16.8. The summed E-state index contributed by atoms with van der Waals surface area (Å²) < 4.78 is 5.37. The lowest BCUT2D eigenvalue weighted by atomic mass is 9.76. The summed E-state index contributed by atoms with van der Waals surface area (Å²) in [5.41, 5.74) is -0.315. The second-order valence-electron chi connectivity index (χ2n) is 7.30. The molecule has 2 N–H and O–H groups in total. The molecule has 2 unspecified atom stereocenters. The molecule has 4 nitrogen and oxygen atoms in total. The molecule has 1 amide bonds. The van der Waals surface area contributed by atoms with E-state index in [0.29, 0.717) is 12.6 Å². The molecule has 0 aromatic carbocycles. The molecule has 0 bridgehead atoms. The largest absolute Gasteiger partial charge is 0.384 e. The van der Waals surface area contributed by atoms with Gasteiger partial charge in [0.2, 0.25) is 5.91 Å². The molecule has 0 aromatic rings. The van der Waals surface area contributed by atoms with E-state index in [0.717, 1.165) is 50.6 Å². The zero-order valence-electron chi connectivity index (χ0n) is 13.9. The number of methoxy groups -OCH3 is 1. The summed E-state index contributed by atoms with van der Waals surface area (Å²) in [4.78, 5) is 12.8. The Morgan fingerprint density at radius 1 is 1.33 bits per heavy atom. The summed E-state index contributed by atoms with van der Waals surface area (Å²) in [5.74, 6) is 1.70. The minimum Gasteiger partial charge on any atom is -0.384 e. The topological polar surface area (TPSA) is 50.4 Å². The lowest BCUT2D eigenvalue weighted by Crippen LogP contribution is -2.53. The van der Waals surface area contributed by atoms with Gasteiger partial charge in [-0.2, -0.15) is 0 Å². The molecule has 1 aliphatic carbocycles. The van der Waals surface area contributed by atoms with Gasteiger partial charge in [0.25, 0.3) is 0 Å². The quantitative estimate of drug-likeness (QED) is 0.818. The van der Waals surface area contributed by atoms with Crippen LogP contribution in [0.3, 0.4) is 0 Å². The van der Waals surface area contributed by atoms with Crippen molar-refractivity contribution in [3.63, 3.8) is 0 Å². The van der Waals surface area contributed by atoms with Crippen molar-refractivity contribution in [1.82, 2.24) is 10.6 Å². The molecule has 1 saturated heterocycles. The molecule has 2 aliphatic rings. The van der Waals surface area contributed by atoms with Gasteiger partial charge in [0.15, 0.2) is 0 Å². The molecule has 0 spiro atoms. The van der Waals surface area contributed by atoms with Crippen molar-refractivity contribution >= 4 is 5.91 Å². The van der Waals surface area contributed by atoms with Crippen molar-refractivity contribution in [3.05, 3.63) is 0 Å². The molecular formula is C17H32N2O2. The average Bonchev–Trinajstić information content (AvgIpc) is 2.48. The molecule has 0 aromatic heterocycles. The van der Waals surface area contributed by atoms with Gasteiger partial charge in [-0.25, -0.2) is 0 Å². The Labute approximate surface area is 129 Å². The van der Waals surface area contributed by atoms with E-state index in [-0.39, 0.29) is 11.3 Å². The van der Waals surface area contributed by atoms with Crippen LogP contribution in [-0.2, 0) is 9.53 Å². The van der Waals surface area contributed by atoms with Crippen LogP contribution in [0.5, 0.6) is 0 Å². The van der Waals surface area contributed by atoms with Gasteiger partial charge in [-0.1, -0.05) is 26.7 Å². The van der Waals surface area contributed by atoms with Crippen LogP contribution in [0.4, 0.5) is 0 Å². The van der Waals surface area contributed by atoms with Gasteiger partial charge in [0, 0.05) is 13.2 Å². The maximum Gasteiger partial charge on any atom is 0.228 e. The third-order valence-corrected chi connectivity index (χ3v) is 5.46. The van der Waals surface area contributed by atoms with Gasteiger partial charge in [0.1, 0.15) is 0 Å². The summed E-state index contributed by atoms with van der Waals surface area (Å²) in [7, 11) is 1.70. The highest BCUT2D eigenvalue weighted by atomic mass is 16.5. The van der Waals surface area contributed by atoms with E-state index in [9.17, 15) is 4.79 Å². The number of amides is 1. The highest BCUT2D eigenvalue weighted by Crippen LogP contribution is 2.33. The van der Waals surface area contributed by atoms with Crippen molar-refractivity contribution in [3.8, 4) is 0 Å². The van der Waals surface area contributed by atoms with E-state index in [1.807, 2.05) is 0 Å². The minimum absolute atomic E-state index is 0.222. The predicted molar refractivity (Wildman–Crippen MR) is 85.1 cm³/mol. The van der Waals surface area contributed by atoms with Crippen LogP contribution < -0.4 is 10.6 Å². The second-order valence-corrected chi connectivity index (χ2v) is 7.30. The van der Waals surface area contributed by atoms with Crippen molar-refractivity contribution in [2.45, 2.75) is 58.4 Å². The van der Waals surface area contributed by atoms with E-state index in [4.69, 9.17) is 4.74 Å². The van der Waals surface area contributed by atoms with Crippen LogP contribution in [0.25, 0.3) is 0 Å². The van der Waals surface area contributed by atoms with E-state index in [1.165, 1.54) is 12.8 Å². The van der Waals surface area contributed by atoms with E-state index in [1.54, 1.807) is 7.11 Å². The zero-order valence-corrected chi connectivity index (χ0v) is 13.9. The summed E-state index contributed by atoms with van der Waals surface area (Å²) in [6.45, 7) is 6.97. The number of rotatable bonds is 5. The maximum atomic E-state index is 12.8. The first-order valence-corrected chi connectivity index (χ1v) is 8.58. The Morgan fingerprint density at radius 2 is 2.05 bits per heavy atom. The highest BCUT2D eigenvalue weighted by Gasteiger charge is 2.40. The smallest absolute Gasteiger partial charge is 0.228 e. The lowest BCUT2D eigenvalue weighted by molar-refractivity contribution is -0.137. The number of hydrogen-bond acceptors (Lipinski definition) is 3. The van der Waals surface area contributed by atoms with Gasteiger partial charge in [-0.3, -0.25) is 4.79 Å². The Bertz CT molecular complexity index is 332. The van der Waals surface area contributed by atoms with Crippen molar-refractivity contribution in [2.24, 2.45) is 17.3 Å². The number of ether oxygens (including phenoxy) is 1. The Balaban J connectivity index is 1.95. The van der Waals surface area contributed by atoms with E-state index >= 15 is 0 Å². The molecule has 0 radical (unpaired) electrons. The fraction of sp³-hybridized carbons (Fsp3) is 0.941. The highest BCUT2D eigenvalue weighted by molar-refractivity contribution is 5.83. The summed E-state index contributed by atoms with van der Waals surface area (Å²) >= 11 is 0. The van der Waals surface area contributed by atoms with Crippen LogP contribution in [0, 0.1) is 17.3 Å². The van der Waals surface area contributed by atoms with E-state index < -0.39 is 0 Å². The molecule has 4 heteroatoms. The van der Waals surface area contributed by atoms with Gasteiger partial charge in [0.05, 0.1) is 12.0 Å². The normalized spacial score (nSPS) is 29.3. The summed E-state index contributed by atoms with van der Waals surface area (Å²) in [5, 5.41) is 6.70. The third kappa shape index (κ3) is 4.19. The molecule has 1 heterocycles. The number of carbonyl (C=O) groups is 1. The molecule has 2 fully saturated rings. The molecule has 21 heavy (non-hydrogen) atoms. The van der Waals surface area contributed by atoms with E-state index in [2.05, 4.69) is 24.5 Å². The molecule has 1 saturated carbocycles. The molecule has 2 atom stereocenters. The maximum absolute atomic E-state index is 12.8. The van der Waals surface area contributed by atoms with Crippen LogP contribution in [-0.4, -0.2) is 38.8 Å². The van der Waals surface area contributed by atoms with Crippen molar-refractivity contribution < 1.29 is 9.53 Å². The third-order valence-electron chi connectivity index (χ3n) is 5.46. The fourth-order valence-corrected chi connectivity index (χ4v) is 3.92. The van der Waals surface area contributed by atoms with Gasteiger partial charge in [-0.05, 0) is 50.6 Å². The van der Waals surface area contributed by atoms with Crippen LogP contribution in [0.1, 0.15) is 52.4 Å². The van der Waals surface area contributed by atoms with Crippen molar-refractivity contribution in [2.75, 3.05) is 26.8 Å². The first-order valence-electron chi connectivity index (χ1n) is 8.58. The molecule has 1 aliphatic heterocycles. The molecular weight excluding hydrogens is 264 g/mol. The minimum atomic E-state index is -0.315. The van der Waals surface area contributed by atoms with Crippen molar-refractivity contribution in [1.29, 1.82) is 0 Å². The van der Waals surface area contributed by atoms with Crippen LogP contribution in [0.15, 0.2) is 0 Å². The first-order chi connectivity index (χ1) is 10.1. The van der Waals surface area contributed by atoms with Gasteiger partial charge < -0.3 is 15.4 Å². The summed E-state index contributed by atoms with van der Waals surface area (Å²) in [6, 6.07) is 0.363. The second kappa shape index (κ2) is 7.59. The summed E-state index contributed by atoms with van der Waals surface area (Å²) in [6.07, 6.45) is 6.60. The number of piperidine rings is 1. The van der Waals surface area contributed by atoms with Crippen LogP contribution >= 0.6 is 0 Å². The van der Waals surface area contributed by atoms with Gasteiger partial charge >= 0.3 is 0 Å². The number of nitrogens with one attached hydrogen (secondary N) is 2. The Kier molecular flexibility index (Phi) is 6.06. The average molecular weight is 296 g/mol. The fourth-order valence-electron chi connectivity index (χ4n) is 3.92. The number of carbonyl (C=O) groups excluding carboxylic acids is 1. The Hall–Kier alpha value is -0.610. The zero-order chi connectivity index (χ0) is 15.3. The van der Waals surface area contributed by atoms with Gasteiger partial charge in [-0.15, -0.1) is 0 Å². The molecule has 2 rings (SSSR count). The molecule has 122 valence electrons. The monoisotopic (exact) mass is 296 g/mol.